The summed E-state index contributed by atoms with van der Waals surface area (Å²) >= 11 is 1.54. The van der Waals surface area contributed by atoms with Crippen molar-refractivity contribution in [1.82, 2.24) is 20.1 Å². The Morgan fingerprint density at radius 2 is 2.14 bits per heavy atom. The summed E-state index contributed by atoms with van der Waals surface area (Å²) in [5.74, 6) is 1.89. The Labute approximate surface area is 134 Å². The fraction of sp³-hybridized carbons (Fsp3) is 0.562. The molecule has 2 aromatic heterocycles. The third-order valence-corrected chi connectivity index (χ3v) is 5.41. The van der Waals surface area contributed by atoms with Gasteiger partial charge in [-0.2, -0.15) is 0 Å². The third-order valence-electron chi connectivity index (χ3n) is 4.26. The monoisotopic (exact) mass is 318 g/mol. The van der Waals surface area contributed by atoms with E-state index in [9.17, 15) is 4.79 Å². The van der Waals surface area contributed by atoms with Crippen LogP contribution < -0.4 is 5.32 Å². The molecule has 0 aromatic carbocycles. The Balaban J connectivity index is 1.76. The molecule has 2 aromatic rings. The normalized spacial score (nSPS) is 16.0. The molecule has 0 radical (unpaired) electrons. The number of nitrogens with zero attached hydrogens (tertiary/aromatic N) is 3. The van der Waals surface area contributed by atoms with Gasteiger partial charge in [0.2, 0.25) is 0 Å². The van der Waals surface area contributed by atoms with Crippen LogP contribution in [-0.4, -0.2) is 20.7 Å². The average molecular weight is 318 g/mol. The highest BCUT2D eigenvalue weighted by atomic mass is 32.1. The van der Waals surface area contributed by atoms with Gasteiger partial charge in [-0.05, 0) is 45.2 Å². The number of carbonyl (C=O) groups excluding carboxylic acids is 1. The molecule has 0 saturated carbocycles. The number of thiophene rings is 1. The molecule has 1 amide bonds. The van der Waals surface area contributed by atoms with Gasteiger partial charge >= 0.3 is 0 Å². The second kappa shape index (κ2) is 6.20. The summed E-state index contributed by atoms with van der Waals surface area (Å²) in [5, 5.41) is 11.7. The van der Waals surface area contributed by atoms with Gasteiger partial charge in [0.15, 0.2) is 5.82 Å². The minimum absolute atomic E-state index is 0.0281. The first-order valence-electron chi connectivity index (χ1n) is 7.86. The fourth-order valence-electron chi connectivity index (χ4n) is 2.85. The maximum atomic E-state index is 12.4. The molecule has 1 aliphatic heterocycles. The van der Waals surface area contributed by atoms with E-state index in [1.165, 1.54) is 34.6 Å². The number of carbonyl (C=O) groups is 1. The van der Waals surface area contributed by atoms with Crippen molar-refractivity contribution in [2.24, 2.45) is 0 Å². The summed E-state index contributed by atoms with van der Waals surface area (Å²) in [4.78, 5) is 14.3. The highest BCUT2D eigenvalue weighted by molar-refractivity contribution is 7.14. The Hall–Kier alpha value is -1.69. The molecule has 1 N–H and O–H groups in total. The number of hydrogen-bond acceptors (Lipinski definition) is 4. The van der Waals surface area contributed by atoms with Crippen molar-refractivity contribution >= 4 is 17.2 Å². The number of nitrogens with one attached hydrogen (secondary N) is 1. The van der Waals surface area contributed by atoms with Crippen LogP contribution in [0, 0.1) is 13.8 Å². The van der Waals surface area contributed by atoms with Crippen molar-refractivity contribution in [1.29, 1.82) is 0 Å². The lowest BCUT2D eigenvalue weighted by Gasteiger charge is -2.14. The molecule has 0 saturated heterocycles. The van der Waals surface area contributed by atoms with E-state index < -0.39 is 0 Å². The lowest BCUT2D eigenvalue weighted by Crippen LogP contribution is -2.28. The van der Waals surface area contributed by atoms with Gasteiger partial charge in [0.1, 0.15) is 5.82 Å². The molecular weight excluding hydrogens is 296 g/mol. The number of aromatic nitrogens is 3. The van der Waals surface area contributed by atoms with Crippen molar-refractivity contribution in [2.75, 3.05) is 0 Å². The first kappa shape index (κ1) is 15.2. The van der Waals surface area contributed by atoms with Crippen molar-refractivity contribution in [3.05, 3.63) is 33.0 Å². The Morgan fingerprint density at radius 1 is 1.32 bits per heavy atom. The zero-order chi connectivity index (χ0) is 15.7. The van der Waals surface area contributed by atoms with E-state index >= 15 is 0 Å². The van der Waals surface area contributed by atoms with Crippen LogP contribution in [0.5, 0.6) is 0 Å². The van der Waals surface area contributed by atoms with Gasteiger partial charge in [0.25, 0.3) is 5.91 Å². The van der Waals surface area contributed by atoms with Gasteiger partial charge in [-0.3, -0.25) is 4.79 Å². The highest BCUT2D eigenvalue weighted by Gasteiger charge is 2.21. The van der Waals surface area contributed by atoms with Crippen LogP contribution in [0.4, 0.5) is 0 Å². The molecule has 3 heterocycles. The predicted molar refractivity (Wildman–Crippen MR) is 87.3 cm³/mol. The maximum Gasteiger partial charge on any atom is 0.261 e. The molecule has 6 heteroatoms. The summed E-state index contributed by atoms with van der Waals surface area (Å²) in [6.07, 6.45) is 4.54. The summed E-state index contributed by atoms with van der Waals surface area (Å²) in [6.45, 7) is 7.01. The zero-order valence-corrected chi connectivity index (χ0v) is 14.2. The molecule has 3 rings (SSSR count). The first-order chi connectivity index (χ1) is 10.6. The molecule has 22 heavy (non-hydrogen) atoms. The maximum absolute atomic E-state index is 12.4. The molecule has 118 valence electrons. The molecule has 1 atom stereocenters. The smallest absolute Gasteiger partial charge is 0.261 e. The molecule has 0 unspecified atom stereocenters. The molecule has 0 aliphatic carbocycles. The van der Waals surface area contributed by atoms with Crippen LogP contribution in [0.1, 0.15) is 64.0 Å². The van der Waals surface area contributed by atoms with Crippen molar-refractivity contribution < 1.29 is 4.79 Å². The number of rotatable bonds is 3. The van der Waals surface area contributed by atoms with E-state index in [0.29, 0.717) is 0 Å². The van der Waals surface area contributed by atoms with E-state index in [0.717, 1.165) is 35.9 Å². The number of aryl methyl sites for hydroxylation is 3. The summed E-state index contributed by atoms with van der Waals surface area (Å²) in [6, 6.07) is 1.82. The highest BCUT2D eigenvalue weighted by Crippen LogP contribution is 2.22. The van der Waals surface area contributed by atoms with Crippen molar-refractivity contribution in [3.63, 3.8) is 0 Å². The summed E-state index contributed by atoms with van der Waals surface area (Å²) in [7, 11) is 0. The van der Waals surface area contributed by atoms with Crippen LogP contribution in [0.25, 0.3) is 0 Å². The average Bonchev–Trinajstić information content (AvgIpc) is 2.95. The Morgan fingerprint density at radius 3 is 2.86 bits per heavy atom. The zero-order valence-electron chi connectivity index (χ0n) is 13.3. The topological polar surface area (TPSA) is 59.8 Å². The standard InChI is InChI=1S/C16H22N4OS/c1-10-9-13(22-12(10)3)16(21)17-11(2)15-19-18-14-7-5-4-6-8-20(14)15/h9,11H,4-8H2,1-3H3,(H,17,21)/t11-/m0/s1. The summed E-state index contributed by atoms with van der Waals surface area (Å²) < 4.78 is 2.18. The number of hydrogen-bond donors (Lipinski definition) is 1. The van der Waals surface area contributed by atoms with Gasteiger partial charge < -0.3 is 9.88 Å². The minimum atomic E-state index is -0.130. The molecular formula is C16H22N4OS. The lowest BCUT2D eigenvalue weighted by atomic mass is 10.2. The van der Waals surface area contributed by atoms with Gasteiger partial charge in [-0.15, -0.1) is 21.5 Å². The molecule has 1 aliphatic rings. The van der Waals surface area contributed by atoms with Crippen LogP contribution in [0.15, 0.2) is 6.07 Å². The molecule has 0 bridgehead atoms. The quantitative estimate of drug-likeness (QED) is 0.945. The van der Waals surface area contributed by atoms with Gasteiger partial charge in [-0.1, -0.05) is 6.42 Å². The van der Waals surface area contributed by atoms with Crippen LogP contribution in [0.3, 0.4) is 0 Å². The van der Waals surface area contributed by atoms with E-state index in [1.807, 2.05) is 26.8 Å². The van der Waals surface area contributed by atoms with Gasteiger partial charge in [-0.25, -0.2) is 0 Å². The number of fused-ring (bicyclic) bond motifs is 1. The molecule has 0 spiro atoms. The van der Waals surface area contributed by atoms with Crippen LogP contribution >= 0.6 is 11.3 Å². The second-order valence-electron chi connectivity index (χ2n) is 5.98. The van der Waals surface area contributed by atoms with Crippen molar-refractivity contribution in [2.45, 2.75) is 59.0 Å². The number of amides is 1. The second-order valence-corrected chi connectivity index (χ2v) is 7.24. The summed E-state index contributed by atoms with van der Waals surface area (Å²) in [5.41, 5.74) is 1.17. The van der Waals surface area contributed by atoms with Crippen molar-refractivity contribution in [3.8, 4) is 0 Å². The van der Waals surface area contributed by atoms with Gasteiger partial charge in [0, 0.05) is 17.8 Å². The Bertz CT molecular complexity index is 669. The third kappa shape index (κ3) is 2.92. The molecule has 5 nitrogen and oxygen atoms in total. The van der Waals surface area contributed by atoms with Crippen LogP contribution in [-0.2, 0) is 13.0 Å². The lowest BCUT2D eigenvalue weighted by molar-refractivity contribution is 0.0941. The van der Waals surface area contributed by atoms with E-state index in [-0.39, 0.29) is 11.9 Å². The van der Waals surface area contributed by atoms with E-state index in [4.69, 9.17) is 0 Å². The van der Waals surface area contributed by atoms with Crippen LogP contribution in [0.2, 0.25) is 0 Å². The molecule has 0 fully saturated rings. The van der Waals surface area contributed by atoms with E-state index in [1.54, 1.807) is 0 Å². The fourth-order valence-corrected chi connectivity index (χ4v) is 3.78. The predicted octanol–water partition coefficient (Wildman–Crippen LogP) is 3.17. The Kier molecular flexibility index (Phi) is 4.29. The largest absolute Gasteiger partial charge is 0.342 e. The first-order valence-corrected chi connectivity index (χ1v) is 8.68. The minimum Gasteiger partial charge on any atom is -0.342 e. The van der Waals surface area contributed by atoms with E-state index in [2.05, 4.69) is 20.1 Å². The van der Waals surface area contributed by atoms with Gasteiger partial charge in [0.05, 0.1) is 10.9 Å². The SMILES string of the molecule is Cc1cc(C(=O)N[C@@H](C)c2nnc3n2CCCCC3)sc1C.